The van der Waals surface area contributed by atoms with Crippen molar-refractivity contribution in [3.05, 3.63) is 29.6 Å². The fourth-order valence-corrected chi connectivity index (χ4v) is 3.01. The molecule has 1 N–H and O–H groups in total. The molecule has 3 heteroatoms. The molecule has 0 amide bonds. The second kappa shape index (κ2) is 6.69. The molecular weight excluding hydrogens is 238 g/mol. The van der Waals surface area contributed by atoms with Gasteiger partial charge in [0.15, 0.2) is 0 Å². The van der Waals surface area contributed by atoms with E-state index in [4.69, 9.17) is 0 Å². The Morgan fingerprint density at radius 1 is 1.32 bits per heavy atom. The number of aromatic nitrogens is 1. The third-order valence-electron chi connectivity index (χ3n) is 4.24. The molecule has 2 atom stereocenters. The molecule has 19 heavy (non-hydrogen) atoms. The summed E-state index contributed by atoms with van der Waals surface area (Å²) in [7, 11) is 0. The molecule has 1 aromatic heterocycles. The summed E-state index contributed by atoms with van der Waals surface area (Å²) >= 11 is 0. The van der Waals surface area contributed by atoms with Crippen LogP contribution in [-0.4, -0.2) is 16.1 Å². The molecular formula is C16H23NO2. The van der Waals surface area contributed by atoms with Crippen LogP contribution in [0.3, 0.4) is 0 Å². The SMILES string of the molecule is CCc1ccc(CC2CCCCCC2C(=O)O)nc1. The molecule has 2 rings (SSSR count). The highest BCUT2D eigenvalue weighted by atomic mass is 16.4. The van der Waals surface area contributed by atoms with Gasteiger partial charge in [0.2, 0.25) is 0 Å². The van der Waals surface area contributed by atoms with Crippen molar-refractivity contribution in [1.29, 1.82) is 0 Å². The average Bonchev–Trinajstić information content (AvgIpc) is 2.65. The maximum absolute atomic E-state index is 11.4. The van der Waals surface area contributed by atoms with Gasteiger partial charge in [-0.15, -0.1) is 0 Å². The van der Waals surface area contributed by atoms with Gasteiger partial charge in [-0.3, -0.25) is 9.78 Å². The number of hydrogen-bond donors (Lipinski definition) is 1. The van der Waals surface area contributed by atoms with Crippen LogP contribution in [0, 0.1) is 11.8 Å². The minimum atomic E-state index is -0.628. The Morgan fingerprint density at radius 2 is 2.11 bits per heavy atom. The fraction of sp³-hybridized carbons (Fsp3) is 0.625. The number of aliphatic carboxylic acids is 1. The Labute approximate surface area is 115 Å². The topological polar surface area (TPSA) is 50.2 Å². The monoisotopic (exact) mass is 261 g/mol. The van der Waals surface area contributed by atoms with Crippen LogP contribution < -0.4 is 0 Å². The van der Waals surface area contributed by atoms with E-state index >= 15 is 0 Å². The van der Waals surface area contributed by atoms with Gasteiger partial charge in [-0.1, -0.05) is 32.3 Å². The summed E-state index contributed by atoms with van der Waals surface area (Å²) < 4.78 is 0. The van der Waals surface area contributed by atoms with Crippen LogP contribution >= 0.6 is 0 Å². The Morgan fingerprint density at radius 3 is 2.74 bits per heavy atom. The molecule has 0 aromatic carbocycles. The van der Waals surface area contributed by atoms with Gasteiger partial charge in [-0.25, -0.2) is 0 Å². The highest BCUT2D eigenvalue weighted by Crippen LogP contribution is 2.31. The third kappa shape index (κ3) is 3.79. The second-order valence-electron chi connectivity index (χ2n) is 5.56. The average molecular weight is 261 g/mol. The predicted molar refractivity (Wildman–Crippen MR) is 75.0 cm³/mol. The van der Waals surface area contributed by atoms with Crippen LogP contribution in [0.5, 0.6) is 0 Å². The van der Waals surface area contributed by atoms with Gasteiger partial charge in [0, 0.05) is 11.9 Å². The second-order valence-corrected chi connectivity index (χ2v) is 5.56. The van der Waals surface area contributed by atoms with Gasteiger partial charge in [0.1, 0.15) is 0 Å². The van der Waals surface area contributed by atoms with Gasteiger partial charge in [0.25, 0.3) is 0 Å². The molecule has 1 aliphatic carbocycles. The summed E-state index contributed by atoms with van der Waals surface area (Å²) in [5.74, 6) is -0.563. The summed E-state index contributed by atoms with van der Waals surface area (Å²) in [5, 5.41) is 9.37. The van der Waals surface area contributed by atoms with Crippen LogP contribution in [-0.2, 0) is 17.6 Å². The van der Waals surface area contributed by atoms with E-state index in [1.54, 1.807) is 0 Å². The Kier molecular flexibility index (Phi) is 4.94. The third-order valence-corrected chi connectivity index (χ3v) is 4.24. The molecule has 104 valence electrons. The van der Waals surface area contributed by atoms with Crippen molar-refractivity contribution >= 4 is 5.97 Å². The largest absolute Gasteiger partial charge is 0.481 e. The molecule has 0 bridgehead atoms. The molecule has 0 aliphatic heterocycles. The lowest BCUT2D eigenvalue weighted by Crippen LogP contribution is -2.24. The summed E-state index contributed by atoms with van der Waals surface area (Å²) in [5.41, 5.74) is 2.27. The zero-order chi connectivity index (χ0) is 13.7. The van der Waals surface area contributed by atoms with E-state index in [-0.39, 0.29) is 11.8 Å². The number of nitrogens with zero attached hydrogens (tertiary/aromatic N) is 1. The molecule has 3 nitrogen and oxygen atoms in total. The first kappa shape index (κ1) is 14.0. The number of carboxylic acids is 1. The highest BCUT2D eigenvalue weighted by molar-refractivity contribution is 5.70. The van der Waals surface area contributed by atoms with Crippen LogP contribution in [0.1, 0.15) is 50.3 Å². The van der Waals surface area contributed by atoms with Gasteiger partial charge < -0.3 is 5.11 Å². The first-order valence-electron chi connectivity index (χ1n) is 7.37. The molecule has 1 saturated carbocycles. The van der Waals surface area contributed by atoms with Gasteiger partial charge in [-0.05, 0) is 43.2 Å². The Bertz CT molecular complexity index is 413. The smallest absolute Gasteiger partial charge is 0.306 e. The zero-order valence-electron chi connectivity index (χ0n) is 11.6. The number of aryl methyl sites for hydroxylation is 1. The lowest BCUT2D eigenvalue weighted by atomic mass is 9.84. The molecule has 1 aromatic rings. The lowest BCUT2D eigenvalue weighted by molar-refractivity contribution is -0.143. The van der Waals surface area contributed by atoms with E-state index in [1.807, 2.05) is 6.20 Å². The lowest BCUT2D eigenvalue weighted by Gasteiger charge is -2.21. The number of pyridine rings is 1. The van der Waals surface area contributed by atoms with Crippen molar-refractivity contribution in [3.63, 3.8) is 0 Å². The molecule has 1 fully saturated rings. The summed E-state index contributed by atoms with van der Waals surface area (Å²) in [4.78, 5) is 15.9. The molecule has 0 radical (unpaired) electrons. The first-order valence-corrected chi connectivity index (χ1v) is 7.37. The highest BCUT2D eigenvalue weighted by Gasteiger charge is 2.29. The van der Waals surface area contributed by atoms with Gasteiger partial charge >= 0.3 is 5.97 Å². The Hall–Kier alpha value is -1.38. The maximum Gasteiger partial charge on any atom is 0.306 e. The molecule has 0 spiro atoms. The standard InChI is InChI=1S/C16H23NO2/c1-2-12-8-9-14(17-11-12)10-13-6-4-3-5-7-15(13)16(18)19/h8-9,11,13,15H,2-7,10H2,1H3,(H,18,19). The van der Waals surface area contributed by atoms with E-state index < -0.39 is 5.97 Å². The van der Waals surface area contributed by atoms with Crippen molar-refractivity contribution < 1.29 is 9.90 Å². The molecule has 1 heterocycles. The van der Waals surface area contributed by atoms with Crippen molar-refractivity contribution in [1.82, 2.24) is 4.98 Å². The number of carboxylic acid groups (broad SMARTS) is 1. The predicted octanol–water partition coefficient (Wildman–Crippen LogP) is 3.47. The summed E-state index contributed by atoms with van der Waals surface area (Å²) in [6, 6.07) is 4.16. The number of rotatable bonds is 4. The van der Waals surface area contributed by atoms with Gasteiger partial charge in [0.05, 0.1) is 5.92 Å². The quantitative estimate of drug-likeness (QED) is 0.844. The number of hydrogen-bond acceptors (Lipinski definition) is 2. The van der Waals surface area contributed by atoms with E-state index in [2.05, 4.69) is 24.0 Å². The van der Waals surface area contributed by atoms with Crippen LogP contribution in [0.25, 0.3) is 0 Å². The zero-order valence-corrected chi connectivity index (χ0v) is 11.6. The first-order chi connectivity index (χ1) is 9.20. The molecule has 0 saturated heterocycles. The van der Waals surface area contributed by atoms with Crippen LogP contribution in [0.4, 0.5) is 0 Å². The summed E-state index contributed by atoms with van der Waals surface area (Å²) in [6.45, 7) is 2.11. The molecule has 2 unspecified atom stereocenters. The summed E-state index contributed by atoms with van der Waals surface area (Å²) in [6.07, 6.45) is 8.94. The van der Waals surface area contributed by atoms with Crippen LogP contribution in [0.15, 0.2) is 18.3 Å². The normalized spacial score (nSPS) is 23.8. The van der Waals surface area contributed by atoms with E-state index in [0.717, 1.165) is 44.2 Å². The van der Waals surface area contributed by atoms with Crippen LogP contribution in [0.2, 0.25) is 0 Å². The van der Waals surface area contributed by atoms with Crippen molar-refractivity contribution in [2.75, 3.05) is 0 Å². The maximum atomic E-state index is 11.4. The molecule has 1 aliphatic rings. The fourth-order valence-electron chi connectivity index (χ4n) is 3.01. The number of carbonyl (C=O) groups is 1. The van der Waals surface area contributed by atoms with Gasteiger partial charge in [-0.2, -0.15) is 0 Å². The van der Waals surface area contributed by atoms with E-state index in [9.17, 15) is 9.90 Å². The minimum Gasteiger partial charge on any atom is -0.481 e. The minimum absolute atomic E-state index is 0.185. The van der Waals surface area contributed by atoms with E-state index in [1.165, 1.54) is 12.0 Å². The van der Waals surface area contributed by atoms with Crippen molar-refractivity contribution in [3.8, 4) is 0 Å². The Balaban J connectivity index is 2.06. The van der Waals surface area contributed by atoms with Crippen molar-refractivity contribution in [2.24, 2.45) is 11.8 Å². The van der Waals surface area contributed by atoms with E-state index in [0.29, 0.717) is 0 Å². The van der Waals surface area contributed by atoms with Crippen molar-refractivity contribution in [2.45, 2.75) is 51.9 Å².